The normalized spacial score (nSPS) is 22.7. The molecule has 116 valence electrons. The highest BCUT2D eigenvalue weighted by atomic mass is 19.1. The van der Waals surface area contributed by atoms with Crippen LogP contribution < -0.4 is 4.90 Å². The number of hydrogen-bond donors (Lipinski definition) is 0. The zero-order chi connectivity index (χ0) is 14.7. The molecule has 1 aromatic rings. The number of hydrogen-bond acceptors (Lipinski definition) is 3. The lowest BCUT2D eigenvalue weighted by Gasteiger charge is -2.38. The molecule has 0 atom stereocenters. The van der Waals surface area contributed by atoms with Crippen molar-refractivity contribution in [2.45, 2.75) is 12.8 Å². The van der Waals surface area contributed by atoms with Gasteiger partial charge >= 0.3 is 0 Å². The molecule has 21 heavy (non-hydrogen) atoms. The lowest BCUT2D eigenvalue weighted by Crippen LogP contribution is -2.47. The van der Waals surface area contributed by atoms with Gasteiger partial charge in [0, 0.05) is 51.5 Å². The van der Waals surface area contributed by atoms with Crippen LogP contribution in [0.25, 0.3) is 0 Å². The SMILES string of the molecule is CN1CCN(CC2CCN(c3ccc(F)cc3)CC2)CC1. The van der Waals surface area contributed by atoms with Crippen molar-refractivity contribution in [2.75, 3.05) is 57.8 Å². The second-order valence-corrected chi connectivity index (χ2v) is 6.51. The zero-order valence-electron chi connectivity index (χ0n) is 13.0. The van der Waals surface area contributed by atoms with Gasteiger partial charge in [0.25, 0.3) is 0 Å². The van der Waals surface area contributed by atoms with Crippen molar-refractivity contribution in [1.29, 1.82) is 0 Å². The van der Waals surface area contributed by atoms with Crippen LogP contribution in [0.5, 0.6) is 0 Å². The van der Waals surface area contributed by atoms with Crippen LogP contribution in [-0.4, -0.2) is 62.7 Å². The number of rotatable bonds is 3. The second-order valence-electron chi connectivity index (χ2n) is 6.51. The first-order chi connectivity index (χ1) is 10.2. The summed E-state index contributed by atoms with van der Waals surface area (Å²) in [6.07, 6.45) is 2.51. The smallest absolute Gasteiger partial charge is 0.123 e. The number of benzene rings is 1. The summed E-state index contributed by atoms with van der Waals surface area (Å²) in [7, 11) is 2.21. The van der Waals surface area contributed by atoms with Gasteiger partial charge in [0.1, 0.15) is 5.82 Å². The summed E-state index contributed by atoms with van der Waals surface area (Å²) in [6, 6.07) is 6.92. The molecule has 0 N–H and O–H groups in total. The highest BCUT2D eigenvalue weighted by Gasteiger charge is 2.23. The average Bonchev–Trinajstić information content (AvgIpc) is 2.51. The largest absolute Gasteiger partial charge is 0.372 e. The molecule has 4 heteroatoms. The molecule has 0 amide bonds. The zero-order valence-corrected chi connectivity index (χ0v) is 13.0. The standard InChI is InChI=1S/C17H26FN3/c1-19-10-12-20(13-11-19)14-15-6-8-21(9-7-15)17-4-2-16(18)3-5-17/h2-5,15H,6-14H2,1H3. The summed E-state index contributed by atoms with van der Waals surface area (Å²) >= 11 is 0. The first-order valence-corrected chi connectivity index (χ1v) is 8.12. The van der Waals surface area contributed by atoms with Crippen LogP contribution in [0, 0.1) is 11.7 Å². The van der Waals surface area contributed by atoms with E-state index in [4.69, 9.17) is 0 Å². The van der Waals surface area contributed by atoms with Gasteiger partial charge in [0.15, 0.2) is 0 Å². The number of piperidine rings is 1. The molecule has 0 saturated carbocycles. The Labute approximate surface area is 127 Å². The molecule has 2 saturated heterocycles. The molecule has 2 aliphatic rings. The van der Waals surface area contributed by atoms with Crippen LogP contribution in [0.3, 0.4) is 0 Å². The topological polar surface area (TPSA) is 9.72 Å². The lowest BCUT2D eigenvalue weighted by molar-refractivity contribution is 0.129. The Hall–Kier alpha value is -1.13. The van der Waals surface area contributed by atoms with Gasteiger partial charge in [-0.25, -0.2) is 4.39 Å². The fraction of sp³-hybridized carbons (Fsp3) is 0.647. The van der Waals surface area contributed by atoms with E-state index in [9.17, 15) is 4.39 Å². The summed E-state index contributed by atoms with van der Waals surface area (Å²) < 4.78 is 13.0. The van der Waals surface area contributed by atoms with E-state index in [1.165, 1.54) is 45.6 Å². The molecule has 0 bridgehead atoms. The fourth-order valence-electron chi connectivity index (χ4n) is 3.42. The van der Waals surface area contributed by atoms with E-state index in [-0.39, 0.29) is 5.82 Å². The first kappa shape index (κ1) is 14.8. The lowest BCUT2D eigenvalue weighted by atomic mass is 9.95. The van der Waals surface area contributed by atoms with Gasteiger partial charge in [-0.05, 0) is 50.1 Å². The van der Waals surface area contributed by atoms with Crippen LogP contribution in [0.4, 0.5) is 10.1 Å². The predicted octanol–water partition coefficient (Wildman–Crippen LogP) is 2.29. The van der Waals surface area contributed by atoms with Gasteiger partial charge in [0.2, 0.25) is 0 Å². The Morgan fingerprint density at radius 3 is 2.19 bits per heavy atom. The van der Waals surface area contributed by atoms with Crippen LogP contribution >= 0.6 is 0 Å². The maximum absolute atomic E-state index is 13.0. The summed E-state index contributed by atoms with van der Waals surface area (Å²) in [5.74, 6) is 0.675. The average molecular weight is 291 g/mol. The highest BCUT2D eigenvalue weighted by molar-refractivity contribution is 5.46. The maximum Gasteiger partial charge on any atom is 0.123 e. The first-order valence-electron chi connectivity index (χ1n) is 8.12. The molecular weight excluding hydrogens is 265 g/mol. The Kier molecular flexibility index (Phi) is 4.76. The van der Waals surface area contributed by atoms with Gasteiger partial charge in [-0.15, -0.1) is 0 Å². The van der Waals surface area contributed by atoms with Crippen LogP contribution in [-0.2, 0) is 0 Å². The molecule has 3 rings (SSSR count). The predicted molar refractivity (Wildman–Crippen MR) is 85.3 cm³/mol. The van der Waals surface area contributed by atoms with Crippen LogP contribution in [0.1, 0.15) is 12.8 Å². The Balaban J connectivity index is 1.45. The van der Waals surface area contributed by atoms with Crippen molar-refractivity contribution in [3.05, 3.63) is 30.1 Å². The molecule has 0 spiro atoms. The van der Waals surface area contributed by atoms with E-state index in [1.807, 2.05) is 12.1 Å². The third-order valence-corrected chi connectivity index (χ3v) is 4.92. The van der Waals surface area contributed by atoms with Crippen molar-refractivity contribution in [3.8, 4) is 0 Å². The van der Waals surface area contributed by atoms with Crippen molar-refractivity contribution in [1.82, 2.24) is 9.80 Å². The Morgan fingerprint density at radius 1 is 0.952 bits per heavy atom. The minimum Gasteiger partial charge on any atom is -0.372 e. The third kappa shape index (κ3) is 3.95. The molecule has 1 aromatic carbocycles. The van der Waals surface area contributed by atoms with Crippen molar-refractivity contribution < 1.29 is 4.39 Å². The monoisotopic (exact) mass is 291 g/mol. The van der Waals surface area contributed by atoms with Crippen LogP contribution in [0.15, 0.2) is 24.3 Å². The number of nitrogens with zero attached hydrogens (tertiary/aromatic N) is 3. The van der Waals surface area contributed by atoms with E-state index < -0.39 is 0 Å². The summed E-state index contributed by atoms with van der Waals surface area (Å²) in [5.41, 5.74) is 1.16. The van der Waals surface area contributed by atoms with Gasteiger partial charge < -0.3 is 14.7 Å². The van der Waals surface area contributed by atoms with Crippen molar-refractivity contribution >= 4 is 5.69 Å². The number of halogens is 1. The molecule has 0 aromatic heterocycles. The molecule has 3 nitrogen and oxygen atoms in total. The van der Waals surface area contributed by atoms with Gasteiger partial charge in [-0.3, -0.25) is 0 Å². The minimum absolute atomic E-state index is 0.149. The van der Waals surface area contributed by atoms with E-state index in [2.05, 4.69) is 21.7 Å². The Bertz CT molecular complexity index is 432. The van der Waals surface area contributed by atoms with E-state index >= 15 is 0 Å². The molecule has 2 fully saturated rings. The second kappa shape index (κ2) is 6.75. The van der Waals surface area contributed by atoms with Gasteiger partial charge in [0.05, 0.1) is 0 Å². The van der Waals surface area contributed by atoms with E-state index in [1.54, 1.807) is 12.1 Å². The Morgan fingerprint density at radius 2 is 1.57 bits per heavy atom. The summed E-state index contributed by atoms with van der Waals surface area (Å²) in [6.45, 7) is 8.30. The maximum atomic E-state index is 13.0. The third-order valence-electron chi connectivity index (χ3n) is 4.92. The molecule has 2 heterocycles. The van der Waals surface area contributed by atoms with Crippen molar-refractivity contribution in [3.63, 3.8) is 0 Å². The van der Waals surface area contributed by atoms with E-state index in [0.29, 0.717) is 0 Å². The number of piperazine rings is 1. The summed E-state index contributed by atoms with van der Waals surface area (Å²) in [5, 5.41) is 0. The summed E-state index contributed by atoms with van der Waals surface area (Å²) in [4.78, 5) is 7.42. The highest BCUT2D eigenvalue weighted by Crippen LogP contribution is 2.24. The minimum atomic E-state index is -0.149. The van der Waals surface area contributed by atoms with Crippen LogP contribution in [0.2, 0.25) is 0 Å². The molecule has 0 radical (unpaired) electrons. The van der Waals surface area contributed by atoms with Crippen molar-refractivity contribution in [2.24, 2.45) is 5.92 Å². The molecule has 0 unspecified atom stereocenters. The molecule has 0 aliphatic carbocycles. The fourth-order valence-corrected chi connectivity index (χ4v) is 3.42. The number of likely N-dealkylation sites (N-methyl/N-ethyl adjacent to an activating group) is 1. The van der Waals surface area contributed by atoms with E-state index in [0.717, 1.165) is 24.7 Å². The van der Waals surface area contributed by atoms with Gasteiger partial charge in [-0.2, -0.15) is 0 Å². The molecule has 2 aliphatic heterocycles. The number of anilines is 1. The molecular formula is C17H26FN3. The quantitative estimate of drug-likeness (QED) is 0.846. The van der Waals surface area contributed by atoms with Gasteiger partial charge in [-0.1, -0.05) is 0 Å².